The molecule has 5 rings (SSSR count). The Morgan fingerprint density at radius 1 is 1.03 bits per heavy atom. The van der Waals surface area contributed by atoms with Crippen molar-refractivity contribution < 1.29 is 19.0 Å². The van der Waals surface area contributed by atoms with Crippen LogP contribution in [0.2, 0.25) is 0 Å². The van der Waals surface area contributed by atoms with E-state index in [-0.39, 0.29) is 0 Å². The van der Waals surface area contributed by atoms with Gasteiger partial charge in [-0.1, -0.05) is 18.2 Å². The van der Waals surface area contributed by atoms with Crippen molar-refractivity contribution in [2.75, 3.05) is 14.2 Å². The molecule has 8 heteroatoms. The molecule has 1 aliphatic heterocycles. The minimum Gasteiger partial charge on any atom is -0.497 e. The van der Waals surface area contributed by atoms with Crippen LogP contribution in [-0.2, 0) is 13.1 Å². The molecule has 0 unspecified atom stereocenters. The van der Waals surface area contributed by atoms with Gasteiger partial charge < -0.3 is 14.2 Å². The summed E-state index contributed by atoms with van der Waals surface area (Å²) >= 11 is 0. The Balaban J connectivity index is 1.49. The SMILES string of the molecule is COc1cc(CN2Cc3cc4c(C)nn(-c5ccccc5)c4nc3OC2=O)cc(OC)c1. The molecule has 8 nitrogen and oxygen atoms in total. The summed E-state index contributed by atoms with van der Waals surface area (Å²) in [4.78, 5) is 19.0. The molecule has 0 spiro atoms. The Kier molecular flexibility index (Phi) is 4.89. The predicted molar refractivity (Wildman–Crippen MR) is 118 cm³/mol. The van der Waals surface area contributed by atoms with Gasteiger partial charge in [-0.15, -0.1) is 0 Å². The van der Waals surface area contributed by atoms with Crippen LogP contribution in [0.5, 0.6) is 17.4 Å². The van der Waals surface area contributed by atoms with Gasteiger partial charge in [-0.05, 0) is 42.8 Å². The molecule has 2 aromatic heterocycles. The number of para-hydroxylation sites is 1. The lowest BCUT2D eigenvalue weighted by Crippen LogP contribution is -2.36. The fraction of sp³-hybridized carbons (Fsp3) is 0.208. The molecule has 0 atom stereocenters. The molecule has 0 saturated heterocycles. The number of ether oxygens (including phenoxy) is 3. The van der Waals surface area contributed by atoms with Gasteiger partial charge in [0.15, 0.2) is 5.65 Å². The van der Waals surface area contributed by atoms with Gasteiger partial charge in [0.25, 0.3) is 0 Å². The Hall–Kier alpha value is -4.07. The quantitative estimate of drug-likeness (QED) is 0.471. The van der Waals surface area contributed by atoms with E-state index in [1.807, 2.05) is 55.5 Å². The van der Waals surface area contributed by atoms with Gasteiger partial charge in [0, 0.05) is 23.6 Å². The number of pyridine rings is 1. The van der Waals surface area contributed by atoms with E-state index in [4.69, 9.17) is 14.2 Å². The molecule has 1 aliphatic rings. The zero-order valence-corrected chi connectivity index (χ0v) is 18.0. The van der Waals surface area contributed by atoms with E-state index in [2.05, 4.69) is 10.1 Å². The van der Waals surface area contributed by atoms with Crippen molar-refractivity contribution in [1.29, 1.82) is 0 Å². The van der Waals surface area contributed by atoms with Crippen LogP contribution in [0.4, 0.5) is 4.79 Å². The highest BCUT2D eigenvalue weighted by Gasteiger charge is 2.28. The maximum Gasteiger partial charge on any atom is 0.417 e. The third-order valence-corrected chi connectivity index (χ3v) is 5.47. The number of aryl methyl sites for hydroxylation is 1. The largest absolute Gasteiger partial charge is 0.497 e. The summed E-state index contributed by atoms with van der Waals surface area (Å²) in [6.45, 7) is 2.68. The second-order valence-corrected chi connectivity index (χ2v) is 7.60. The summed E-state index contributed by atoms with van der Waals surface area (Å²) in [7, 11) is 3.19. The lowest BCUT2D eigenvalue weighted by Gasteiger charge is -2.27. The van der Waals surface area contributed by atoms with Gasteiger partial charge in [-0.3, -0.25) is 4.90 Å². The average molecular weight is 430 g/mol. The highest BCUT2D eigenvalue weighted by Crippen LogP contribution is 2.32. The standard InChI is InChI=1S/C24H22N4O4/c1-15-21-11-17-14-27(13-16-9-19(30-2)12-20(10-16)31-3)24(29)32-23(17)25-22(21)28(26-15)18-7-5-4-6-8-18/h4-12H,13-14H2,1-3H3. The first-order valence-electron chi connectivity index (χ1n) is 10.2. The Morgan fingerprint density at radius 2 is 1.75 bits per heavy atom. The number of aromatic nitrogens is 3. The van der Waals surface area contributed by atoms with E-state index in [0.717, 1.165) is 27.9 Å². The lowest BCUT2D eigenvalue weighted by molar-refractivity contribution is 0.133. The van der Waals surface area contributed by atoms with Crippen LogP contribution in [0.3, 0.4) is 0 Å². The third kappa shape index (κ3) is 3.49. The van der Waals surface area contributed by atoms with E-state index in [1.165, 1.54) is 0 Å². The summed E-state index contributed by atoms with van der Waals surface area (Å²) in [5.41, 5.74) is 4.13. The second-order valence-electron chi connectivity index (χ2n) is 7.60. The first-order valence-corrected chi connectivity index (χ1v) is 10.2. The summed E-state index contributed by atoms with van der Waals surface area (Å²) in [5.74, 6) is 1.65. The van der Waals surface area contributed by atoms with Crippen molar-refractivity contribution in [1.82, 2.24) is 19.7 Å². The van der Waals surface area contributed by atoms with Crippen LogP contribution in [0.15, 0.2) is 54.6 Å². The Morgan fingerprint density at radius 3 is 2.44 bits per heavy atom. The third-order valence-electron chi connectivity index (χ3n) is 5.47. The number of nitrogens with zero attached hydrogens (tertiary/aromatic N) is 4. The summed E-state index contributed by atoms with van der Waals surface area (Å²) in [6, 6.07) is 17.3. The van der Waals surface area contributed by atoms with Gasteiger partial charge >= 0.3 is 6.09 Å². The summed E-state index contributed by atoms with van der Waals surface area (Å²) in [6.07, 6.45) is -0.450. The number of hydrogen-bond acceptors (Lipinski definition) is 6. The van der Waals surface area contributed by atoms with Crippen LogP contribution in [0.1, 0.15) is 16.8 Å². The first-order chi connectivity index (χ1) is 15.6. The molecular weight excluding hydrogens is 408 g/mol. The lowest BCUT2D eigenvalue weighted by atomic mass is 10.1. The van der Waals surface area contributed by atoms with Gasteiger partial charge in [-0.2, -0.15) is 10.1 Å². The molecule has 3 heterocycles. The van der Waals surface area contributed by atoms with Crippen LogP contribution >= 0.6 is 0 Å². The van der Waals surface area contributed by atoms with Crippen molar-refractivity contribution in [3.8, 4) is 23.1 Å². The predicted octanol–water partition coefficient (Wildman–Crippen LogP) is 4.26. The van der Waals surface area contributed by atoms with Crippen LogP contribution in [0.25, 0.3) is 16.7 Å². The highest BCUT2D eigenvalue weighted by atomic mass is 16.6. The molecule has 0 N–H and O–H groups in total. The van der Waals surface area contributed by atoms with Crippen molar-refractivity contribution in [2.24, 2.45) is 0 Å². The number of benzene rings is 2. The molecule has 2 aromatic carbocycles. The molecule has 0 radical (unpaired) electrons. The zero-order valence-electron chi connectivity index (χ0n) is 18.0. The number of rotatable bonds is 5. The fourth-order valence-corrected chi connectivity index (χ4v) is 3.87. The van der Waals surface area contributed by atoms with Gasteiger partial charge in [0.2, 0.25) is 5.88 Å². The van der Waals surface area contributed by atoms with Crippen molar-refractivity contribution >= 4 is 17.1 Å². The number of carbonyl (C=O) groups is 1. The molecule has 0 bridgehead atoms. The monoisotopic (exact) mass is 430 g/mol. The molecule has 32 heavy (non-hydrogen) atoms. The minimum atomic E-state index is -0.450. The Labute approximate surface area is 184 Å². The molecule has 0 aliphatic carbocycles. The first kappa shape index (κ1) is 19.9. The molecular formula is C24H22N4O4. The summed E-state index contributed by atoms with van der Waals surface area (Å²) < 4.78 is 18.1. The molecule has 0 fully saturated rings. The van der Waals surface area contributed by atoms with Gasteiger partial charge in [-0.25, -0.2) is 9.48 Å². The van der Waals surface area contributed by atoms with Crippen LogP contribution in [0, 0.1) is 6.92 Å². The van der Waals surface area contributed by atoms with E-state index >= 15 is 0 Å². The number of hydrogen-bond donors (Lipinski definition) is 0. The second kappa shape index (κ2) is 7.88. The van der Waals surface area contributed by atoms with Crippen molar-refractivity contribution in [3.63, 3.8) is 0 Å². The number of fused-ring (bicyclic) bond motifs is 2. The smallest absolute Gasteiger partial charge is 0.417 e. The molecule has 0 saturated carbocycles. The number of methoxy groups -OCH3 is 2. The zero-order chi connectivity index (χ0) is 22.2. The van der Waals surface area contributed by atoms with E-state index < -0.39 is 6.09 Å². The van der Waals surface area contributed by atoms with Crippen molar-refractivity contribution in [3.05, 3.63) is 71.4 Å². The minimum absolute atomic E-state index is 0.319. The van der Waals surface area contributed by atoms with E-state index in [0.29, 0.717) is 36.1 Å². The molecule has 4 aromatic rings. The summed E-state index contributed by atoms with van der Waals surface area (Å²) in [5, 5.41) is 5.57. The van der Waals surface area contributed by atoms with Crippen molar-refractivity contribution in [2.45, 2.75) is 20.0 Å². The average Bonchev–Trinajstić information content (AvgIpc) is 3.14. The normalized spacial score (nSPS) is 13.1. The molecule has 162 valence electrons. The topological polar surface area (TPSA) is 78.7 Å². The highest BCUT2D eigenvalue weighted by molar-refractivity contribution is 5.83. The number of carbonyl (C=O) groups excluding carboxylic acids is 1. The number of amides is 1. The molecule has 1 amide bonds. The Bertz CT molecular complexity index is 1290. The fourth-order valence-electron chi connectivity index (χ4n) is 3.87. The van der Waals surface area contributed by atoms with Gasteiger partial charge in [0.05, 0.1) is 32.1 Å². The van der Waals surface area contributed by atoms with Gasteiger partial charge in [0.1, 0.15) is 11.5 Å². The maximum atomic E-state index is 12.7. The van der Waals surface area contributed by atoms with Crippen LogP contribution < -0.4 is 14.2 Å². The maximum absolute atomic E-state index is 12.7. The van der Waals surface area contributed by atoms with Crippen LogP contribution in [-0.4, -0.2) is 40.0 Å². The van der Waals surface area contributed by atoms with E-state index in [1.54, 1.807) is 29.9 Å². The van der Waals surface area contributed by atoms with E-state index in [9.17, 15) is 4.79 Å².